The first-order chi connectivity index (χ1) is 15.0. The average Bonchev–Trinajstić information content (AvgIpc) is 3.20. The summed E-state index contributed by atoms with van der Waals surface area (Å²) in [6, 6.07) is 13.0. The van der Waals surface area contributed by atoms with Crippen LogP contribution in [-0.2, 0) is 17.9 Å². The lowest BCUT2D eigenvalue weighted by Crippen LogP contribution is -2.25. The molecule has 1 amide bonds. The van der Waals surface area contributed by atoms with Gasteiger partial charge in [-0.05, 0) is 36.6 Å². The van der Waals surface area contributed by atoms with Gasteiger partial charge in [-0.2, -0.15) is 0 Å². The molecule has 3 aromatic heterocycles. The number of para-hydroxylation sites is 1. The van der Waals surface area contributed by atoms with Crippen molar-refractivity contribution in [3.63, 3.8) is 0 Å². The standard InChI is InChI=1S/C22H24N6O2S/c1-15(2)10-12-27-20(30)17-8-3-4-9-18(17)28-21(27)25-26-22(28)31-14-19(29)24-13-16-7-5-6-11-23-16/h3-9,11,15H,10,12-14H2,1-2H3,(H,24,29). The summed E-state index contributed by atoms with van der Waals surface area (Å²) < 4.78 is 3.55. The van der Waals surface area contributed by atoms with Gasteiger partial charge in [0, 0.05) is 12.7 Å². The van der Waals surface area contributed by atoms with Gasteiger partial charge in [-0.15, -0.1) is 10.2 Å². The number of rotatable bonds is 8. The fraction of sp³-hybridized carbons (Fsp3) is 0.318. The van der Waals surface area contributed by atoms with Gasteiger partial charge in [-0.3, -0.25) is 23.5 Å². The lowest BCUT2D eigenvalue weighted by Gasteiger charge is -2.12. The summed E-state index contributed by atoms with van der Waals surface area (Å²) >= 11 is 1.30. The van der Waals surface area contributed by atoms with Crippen molar-refractivity contribution >= 4 is 34.3 Å². The van der Waals surface area contributed by atoms with E-state index in [0.29, 0.717) is 35.3 Å². The molecule has 0 aliphatic rings. The molecule has 0 bridgehead atoms. The molecule has 4 rings (SSSR count). The van der Waals surface area contributed by atoms with Crippen LogP contribution in [0, 0.1) is 5.92 Å². The van der Waals surface area contributed by atoms with Crippen molar-refractivity contribution in [2.45, 2.75) is 38.5 Å². The van der Waals surface area contributed by atoms with E-state index in [0.717, 1.165) is 17.6 Å². The van der Waals surface area contributed by atoms with Crippen LogP contribution in [0.3, 0.4) is 0 Å². The summed E-state index contributed by atoms with van der Waals surface area (Å²) in [6.45, 7) is 5.19. The molecule has 0 spiro atoms. The third kappa shape index (κ3) is 4.61. The van der Waals surface area contributed by atoms with Crippen LogP contribution in [0.5, 0.6) is 0 Å². The van der Waals surface area contributed by atoms with E-state index in [-0.39, 0.29) is 17.2 Å². The number of pyridine rings is 1. The van der Waals surface area contributed by atoms with Crippen LogP contribution < -0.4 is 10.9 Å². The molecule has 4 aromatic rings. The number of hydrogen-bond donors (Lipinski definition) is 1. The van der Waals surface area contributed by atoms with Crippen LogP contribution in [0.15, 0.2) is 58.6 Å². The molecule has 8 nitrogen and oxygen atoms in total. The molecule has 0 atom stereocenters. The number of nitrogens with one attached hydrogen (secondary N) is 1. The van der Waals surface area contributed by atoms with Crippen LogP contribution in [0.4, 0.5) is 0 Å². The van der Waals surface area contributed by atoms with Gasteiger partial charge >= 0.3 is 0 Å². The molecule has 160 valence electrons. The second-order valence-electron chi connectivity index (χ2n) is 7.66. The topological polar surface area (TPSA) is 94.2 Å². The number of benzene rings is 1. The molecular weight excluding hydrogens is 412 g/mol. The molecule has 0 fully saturated rings. The number of fused-ring (bicyclic) bond motifs is 3. The first-order valence-corrected chi connectivity index (χ1v) is 11.2. The van der Waals surface area contributed by atoms with Crippen molar-refractivity contribution in [2.24, 2.45) is 5.92 Å². The van der Waals surface area contributed by atoms with Gasteiger partial charge in [0.2, 0.25) is 11.7 Å². The first-order valence-electron chi connectivity index (χ1n) is 10.2. The van der Waals surface area contributed by atoms with E-state index < -0.39 is 0 Å². The number of amides is 1. The molecule has 0 aliphatic heterocycles. The normalized spacial score (nSPS) is 11.5. The Balaban J connectivity index is 1.60. The third-order valence-electron chi connectivity index (χ3n) is 4.93. The Kier molecular flexibility index (Phi) is 6.31. The van der Waals surface area contributed by atoms with Gasteiger partial charge in [-0.25, -0.2) is 0 Å². The van der Waals surface area contributed by atoms with E-state index in [1.807, 2.05) is 46.9 Å². The van der Waals surface area contributed by atoms with Crippen molar-refractivity contribution in [2.75, 3.05) is 5.75 Å². The van der Waals surface area contributed by atoms with Crippen molar-refractivity contribution in [3.8, 4) is 0 Å². The van der Waals surface area contributed by atoms with Gasteiger partial charge in [0.15, 0.2) is 5.16 Å². The van der Waals surface area contributed by atoms with Gasteiger partial charge in [-0.1, -0.05) is 43.8 Å². The molecule has 1 N–H and O–H groups in total. The number of carbonyl (C=O) groups excluding carboxylic acids is 1. The zero-order valence-electron chi connectivity index (χ0n) is 17.5. The summed E-state index contributed by atoms with van der Waals surface area (Å²) in [5.74, 6) is 1.02. The number of thioether (sulfide) groups is 1. The second kappa shape index (κ2) is 9.30. The van der Waals surface area contributed by atoms with E-state index in [4.69, 9.17) is 0 Å². The molecule has 0 saturated heterocycles. The zero-order chi connectivity index (χ0) is 21.8. The average molecular weight is 437 g/mol. The Bertz CT molecular complexity index is 1270. The van der Waals surface area contributed by atoms with Crippen molar-refractivity contribution < 1.29 is 4.79 Å². The Morgan fingerprint density at radius 1 is 1.13 bits per heavy atom. The number of hydrogen-bond acceptors (Lipinski definition) is 6. The largest absolute Gasteiger partial charge is 0.350 e. The summed E-state index contributed by atoms with van der Waals surface area (Å²) in [5.41, 5.74) is 1.47. The van der Waals surface area contributed by atoms with Crippen LogP contribution in [-0.4, -0.2) is 35.8 Å². The van der Waals surface area contributed by atoms with E-state index in [1.54, 1.807) is 10.8 Å². The lowest BCUT2D eigenvalue weighted by atomic mass is 10.1. The monoisotopic (exact) mass is 436 g/mol. The molecule has 31 heavy (non-hydrogen) atoms. The van der Waals surface area contributed by atoms with Gasteiger partial charge in [0.25, 0.3) is 5.56 Å². The minimum Gasteiger partial charge on any atom is -0.350 e. The lowest BCUT2D eigenvalue weighted by molar-refractivity contribution is -0.118. The van der Waals surface area contributed by atoms with Crippen molar-refractivity contribution in [3.05, 3.63) is 64.7 Å². The molecule has 0 aliphatic carbocycles. The zero-order valence-corrected chi connectivity index (χ0v) is 18.3. The summed E-state index contributed by atoms with van der Waals surface area (Å²) in [4.78, 5) is 29.6. The highest BCUT2D eigenvalue weighted by molar-refractivity contribution is 7.99. The number of carbonyl (C=O) groups is 1. The smallest absolute Gasteiger partial charge is 0.262 e. The SMILES string of the molecule is CC(C)CCn1c(=O)c2ccccc2n2c(SCC(=O)NCc3ccccn3)nnc12. The summed E-state index contributed by atoms with van der Waals surface area (Å²) in [6.07, 6.45) is 2.56. The summed E-state index contributed by atoms with van der Waals surface area (Å²) in [5, 5.41) is 12.6. The first kappa shape index (κ1) is 21.0. The molecular formula is C22H24N6O2S. The Morgan fingerprint density at radius 3 is 2.71 bits per heavy atom. The molecule has 1 aromatic carbocycles. The highest BCUT2D eigenvalue weighted by Crippen LogP contribution is 2.22. The Labute approximate surface area is 183 Å². The van der Waals surface area contributed by atoms with Gasteiger partial charge in [0.1, 0.15) is 0 Å². The van der Waals surface area contributed by atoms with Gasteiger partial charge in [0.05, 0.1) is 28.9 Å². The molecule has 0 radical (unpaired) electrons. The maximum Gasteiger partial charge on any atom is 0.262 e. The van der Waals surface area contributed by atoms with Crippen LogP contribution in [0.1, 0.15) is 26.0 Å². The van der Waals surface area contributed by atoms with Gasteiger partial charge < -0.3 is 5.32 Å². The highest BCUT2D eigenvalue weighted by Gasteiger charge is 2.17. The Hall–Kier alpha value is -3.20. The minimum absolute atomic E-state index is 0.0687. The molecule has 0 saturated carbocycles. The van der Waals surface area contributed by atoms with E-state index in [9.17, 15) is 9.59 Å². The second-order valence-corrected chi connectivity index (χ2v) is 8.60. The van der Waals surface area contributed by atoms with Crippen molar-refractivity contribution in [1.29, 1.82) is 0 Å². The van der Waals surface area contributed by atoms with E-state index in [1.165, 1.54) is 11.8 Å². The van der Waals surface area contributed by atoms with E-state index >= 15 is 0 Å². The quantitative estimate of drug-likeness (QED) is 0.427. The number of aromatic nitrogens is 5. The number of nitrogens with zero attached hydrogens (tertiary/aromatic N) is 5. The van der Waals surface area contributed by atoms with Crippen molar-refractivity contribution in [1.82, 2.24) is 29.5 Å². The highest BCUT2D eigenvalue weighted by atomic mass is 32.2. The van der Waals surface area contributed by atoms with Crippen LogP contribution >= 0.6 is 11.8 Å². The predicted molar refractivity (Wildman–Crippen MR) is 121 cm³/mol. The molecule has 9 heteroatoms. The van der Waals surface area contributed by atoms with Crippen LogP contribution in [0.2, 0.25) is 0 Å². The maximum atomic E-state index is 13.1. The Morgan fingerprint density at radius 2 is 1.94 bits per heavy atom. The minimum atomic E-state index is -0.121. The maximum absolute atomic E-state index is 13.1. The van der Waals surface area contributed by atoms with Crippen LogP contribution in [0.25, 0.3) is 16.7 Å². The fourth-order valence-corrected chi connectivity index (χ4v) is 4.06. The molecule has 0 unspecified atom stereocenters. The summed E-state index contributed by atoms with van der Waals surface area (Å²) in [7, 11) is 0. The van der Waals surface area contributed by atoms with E-state index in [2.05, 4.69) is 34.3 Å². The molecule has 3 heterocycles. The third-order valence-corrected chi connectivity index (χ3v) is 5.86. The number of aryl methyl sites for hydroxylation is 1. The predicted octanol–water partition coefficient (Wildman–Crippen LogP) is 2.89. The fourth-order valence-electron chi connectivity index (χ4n) is 3.29.